The zero-order valence-electron chi connectivity index (χ0n) is 10.6. The second-order valence-electron chi connectivity index (χ2n) is 4.29. The Bertz CT molecular complexity index is 434. The number of amides is 2. The molecule has 5 nitrogen and oxygen atoms in total. The van der Waals surface area contributed by atoms with Crippen LogP contribution in [-0.4, -0.2) is 30.1 Å². The first kappa shape index (κ1) is 15.1. The molecule has 1 atom stereocenters. The Balaban J connectivity index is 2.40. The molecule has 0 bridgehead atoms. The zero-order chi connectivity index (χ0) is 14.3. The number of carbonyl (C=O) groups is 2. The van der Waals surface area contributed by atoms with Crippen molar-refractivity contribution in [1.82, 2.24) is 5.32 Å². The Morgan fingerprint density at radius 3 is 2.47 bits per heavy atom. The highest BCUT2D eigenvalue weighted by molar-refractivity contribution is 6.39. The van der Waals surface area contributed by atoms with E-state index in [1.165, 1.54) is 24.3 Å². The summed E-state index contributed by atoms with van der Waals surface area (Å²) < 4.78 is 12.7. The Morgan fingerprint density at radius 2 is 1.89 bits per heavy atom. The average Bonchev–Trinajstić information content (AvgIpc) is 2.39. The standard InChI is InChI=1S/C13H17FN2O3/c1-9(6-7-17)8-15-12(18)13(19)16-11-4-2-10(14)3-5-11/h2-5,9,17H,6-8H2,1H3,(H,15,18)(H,16,19). The van der Waals surface area contributed by atoms with Crippen LogP contribution >= 0.6 is 0 Å². The summed E-state index contributed by atoms with van der Waals surface area (Å²) in [6.07, 6.45) is 0.555. The molecule has 0 aliphatic rings. The molecule has 6 heteroatoms. The fourth-order valence-corrected chi connectivity index (χ4v) is 1.39. The molecule has 104 valence electrons. The molecular weight excluding hydrogens is 251 g/mol. The minimum Gasteiger partial charge on any atom is -0.396 e. The van der Waals surface area contributed by atoms with Gasteiger partial charge in [0.1, 0.15) is 5.82 Å². The van der Waals surface area contributed by atoms with Gasteiger partial charge in [0.05, 0.1) is 0 Å². The van der Waals surface area contributed by atoms with Gasteiger partial charge in [-0.05, 0) is 36.6 Å². The van der Waals surface area contributed by atoms with Crippen molar-refractivity contribution in [3.05, 3.63) is 30.1 Å². The van der Waals surface area contributed by atoms with Crippen molar-refractivity contribution in [2.75, 3.05) is 18.5 Å². The van der Waals surface area contributed by atoms with Crippen LogP contribution in [0.1, 0.15) is 13.3 Å². The van der Waals surface area contributed by atoms with Gasteiger partial charge in [-0.15, -0.1) is 0 Å². The lowest BCUT2D eigenvalue weighted by Crippen LogP contribution is -2.37. The summed E-state index contributed by atoms with van der Waals surface area (Å²) in [5, 5.41) is 13.5. The van der Waals surface area contributed by atoms with Gasteiger partial charge >= 0.3 is 11.8 Å². The van der Waals surface area contributed by atoms with Crippen molar-refractivity contribution in [1.29, 1.82) is 0 Å². The number of halogens is 1. The topological polar surface area (TPSA) is 78.4 Å². The molecular formula is C13H17FN2O3. The number of aliphatic hydroxyl groups is 1. The lowest BCUT2D eigenvalue weighted by Gasteiger charge is -2.11. The van der Waals surface area contributed by atoms with Crippen LogP contribution in [0.5, 0.6) is 0 Å². The summed E-state index contributed by atoms with van der Waals surface area (Å²) in [6, 6.07) is 5.12. The second-order valence-corrected chi connectivity index (χ2v) is 4.29. The van der Waals surface area contributed by atoms with Crippen molar-refractivity contribution in [3.8, 4) is 0 Å². The van der Waals surface area contributed by atoms with Gasteiger partial charge in [-0.25, -0.2) is 4.39 Å². The fourth-order valence-electron chi connectivity index (χ4n) is 1.39. The molecule has 0 fully saturated rings. The van der Waals surface area contributed by atoms with E-state index in [2.05, 4.69) is 10.6 Å². The molecule has 0 heterocycles. The molecule has 0 aromatic heterocycles. The summed E-state index contributed by atoms with van der Waals surface area (Å²) in [5.74, 6) is -1.88. The van der Waals surface area contributed by atoms with Gasteiger partial charge in [0.15, 0.2) is 0 Å². The van der Waals surface area contributed by atoms with Crippen LogP contribution in [0.15, 0.2) is 24.3 Å². The van der Waals surface area contributed by atoms with Gasteiger partial charge in [-0.1, -0.05) is 6.92 Å². The molecule has 0 radical (unpaired) electrons. The Kier molecular flexibility index (Phi) is 5.95. The average molecular weight is 268 g/mol. The number of benzene rings is 1. The SMILES string of the molecule is CC(CCO)CNC(=O)C(=O)Nc1ccc(F)cc1. The van der Waals surface area contributed by atoms with Crippen LogP contribution < -0.4 is 10.6 Å². The maximum absolute atomic E-state index is 12.7. The van der Waals surface area contributed by atoms with E-state index in [4.69, 9.17) is 5.11 Å². The molecule has 0 aliphatic heterocycles. The van der Waals surface area contributed by atoms with Crippen molar-refractivity contribution >= 4 is 17.5 Å². The van der Waals surface area contributed by atoms with E-state index >= 15 is 0 Å². The highest BCUT2D eigenvalue weighted by atomic mass is 19.1. The number of anilines is 1. The third-order valence-corrected chi connectivity index (χ3v) is 2.54. The number of rotatable bonds is 5. The van der Waals surface area contributed by atoms with E-state index < -0.39 is 17.6 Å². The summed E-state index contributed by atoms with van der Waals surface area (Å²) in [7, 11) is 0. The zero-order valence-corrected chi connectivity index (χ0v) is 10.6. The highest BCUT2D eigenvalue weighted by Gasteiger charge is 2.14. The van der Waals surface area contributed by atoms with Gasteiger partial charge in [-0.2, -0.15) is 0 Å². The second kappa shape index (κ2) is 7.48. The molecule has 3 N–H and O–H groups in total. The van der Waals surface area contributed by atoms with Crippen molar-refractivity contribution in [3.63, 3.8) is 0 Å². The first-order valence-electron chi connectivity index (χ1n) is 5.98. The third-order valence-electron chi connectivity index (χ3n) is 2.54. The number of hydrogen-bond acceptors (Lipinski definition) is 3. The maximum atomic E-state index is 12.7. The molecule has 0 saturated heterocycles. The summed E-state index contributed by atoms with van der Waals surface area (Å²) in [5.41, 5.74) is 0.352. The molecule has 1 aromatic rings. The van der Waals surface area contributed by atoms with Crippen molar-refractivity contribution in [2.24, 2.45) is 5.92 Å². The highest BCUT2D eigenvalue weighted by Crippen LogP contribution is 2.07. The lowest BCUT2D eigenvalue weighted by atomic mass is 10.1. The Hall–Kier alpha value is -1.95. The molecule has 1 unspecified atom stereocenters. The normalized spacial score (nSPS) is 11.7. The van der Waals surface area contributed by atoms with Gasteiger partial charge < -0.3 is 15.7 Å². The molecule has 0 spiro atoms. The number of aliphatic hydroxyl groups excluding tert-OH is 1. The monoisotopic (exact) mass is 268 g/mol. The molecule has 1 aromatic carbocycles. The minimum atomic E-state index is -0.803. The van der Waals surface area contributed by atoms with Gasteiger partial charge in [0.25, 0.3) is 0 Å². The quantitative estimate of drug-likeness (QED) is 0.694. The Morgan fingerprint density at radius 1 is 1.26 bits per heavy atom. The summed E-state index contributed by atoms with van der Waals surface area (Å²) >= 11 is 0. The van der Waals surface area contributed by atoms with Crippen LogP contribution in [-0.2, 0) is 9.59 Å². The maximum Gasteiger partial charge on any atom is 0.313 e. The smallest absolute Gasteiger partial charge is 0.313 e. The number of carbonyl (C=O) groups excluding carboxylic acids is 2. The summed E-state index contributed by atoms with van der Waals surface area (Å²) in [6.45, 7) is 2.21. The minimum absolute atomic E-state index is 0.0405. The van der Waals surface area contributed by atoms with Crippen LogP contribution in [0, 0.1) is 11.7 Å². The van der Waals surface area contributed by atoms with Crippen LogP contribution in [0.25, 0.3) is 0 Å². The largest absolute Gasteiger partial charge is 0.396 e. The lowest BCUT2D eigenvalue weighted by molar-refractivity contribution is -0.136. The Labute approximate surface area is 110 Å². The van der Waals surface area contributed by atoms with Gasteiger partial charge in [0, 0.05) is 18.8 Å². The third kappa shape index (κ3) is 5.48. The predicted molar refractivity (Wildman–Crippen MR) is 68.9 cm³/mol. The van der Waals surface area contributed by atoms with Crippen LogP contribution in [0.4, 0.5) is 10.1 Å². The van der Waals surface area contributed by atoms with E-state index in [0.717, 1.165) is 0 Å². The van der Waals surface area contributed by atoms with Gasteiger partial charge in [-0.3, -0.25) is 9.59 Å². The van der Waals surface area contributed by atoms with E-state index in [9.17, 15) is 14.0 Å². The molecule has 19 heavy (non-hydrogen) atoms. The van der Waals surface area contributed by atoms with Crippen molar-refractivity contribution in [2.45, 2.75) is 13.3 Å². The summed E-state index contributed by atoms with van der Waals surface area (Å²) in [4.78, 5) is 23.0. The van der Waals surface area contributed by atoms with Crippen LogP contribution in [0.3, 0.4) is 0 Å². The first-order chi connectivity index (χ1) is 9.02. The molecule has 0 saturated carbocycles. The van der Waals surface area contributed by atoms with E-state index in [-0.39, 0.29) is 12.5 Å². The molecule has 1 rings (SSSR count). The van der Waals surface area contributed by atoms with Gasteiger partial charge in [0.2, 0.25) is 0 Å². The fraction of sp³-hybridized carbons (Fsp3) is 0.385. The van der Waals surface area contributed by atoms with E-state index in [1.54, 1.807) is 0 Å². The predicted octanol–water partition coefficient (Wildman–Crippen LogP) is 0.899. The van der Waals surface area contributed by atoms with E-state index in [0.29, 0.717) is 18.7 Å². The number of hydrogen-bond donors (Lipinski definition) is 3. The van der Waals surface area contributed by atoms with E-state index in [1.807, 2.05) is 6.92 Å². The van der Waals surface area contributed by atoms with Crippen LogP contribution in [0.2, 0.25) is 0 Å². The number of nitrogens with one attached hydrogen (secondary N) is 2. The first-order valence-corrected chi connectivity index (χ1v) is 5.98. The molecule has 0 aliphatic carbocycles. The van der Waals surface area contributed by atoms with Crippen molar-refractivity contribution < 1.29 is 19.1 Å². The molecule has 2 amide bonds.